The van der Waals surface area contributed by atoms with E-state index in [9.17, 15) is 19.3 Å². The summed E-state index contributed by atoms with van der Waals surface area (Å²) in [6, 6.07) is 3.28. The molecule has 0 fully saturated rings. The first-order valence-corrected chi connectivity index (χ1v) is 5.56. The second-order valence-corrected chi connectivity index (χ2v) is 4.16. The summed E-state index contributed by atoms with van der Waals surface area (Å²) in [6.07, 6.45) is 0. The third-order valence-corrected chi connectivity index (χ3v) is 2.86. The zero-order chi connectivity index (χ0) is 15.0. The summed E-state index contributed by atoms with van der Waals surface area (Å²) in [4.78, 5) is 21.0. The Hall–Kier alpha value is -2.77. The van der Waals surface area contributed by atoms with Crippen LogP contribution < -0.4 is 0 Å². The molecule has 0 bridgehead atoms. The van der Waals surface area contributed by atoms with Gasteiger partial charge in [0, 0.05) is 0 Å². The van der Waals surface area contributed by atoms with E-state index < -0.39 is 16.7 Å². The molecule has 0 saturated carbocycles. The van der Waals surface area contributed by atoms with E-state index in [1.165, 1.54) is 26.0 Å². The van der Waals surface area contributed by atoms with Crippen molar-refractivity contribution in [2.45, 2.75) is 13.8 Å². The molecule has 20 heavy (non-hydrogen) atoms. The number of hydrogen-bond acceptors (Lipinski definition) is 4. The Morgan fingerprint density at radius 2 is 2.10 bits per heavy atom. The van der Waals surface area contributed by atoms with Crippen molar-refractivity contribution < 1.29 is 19.2 Å². The number of aromatic carboxylic acids is 1. The normalized spacial score (nSPS) is 10.6. The lowest BCUT2D eigenvalue weighted by Gasteiger charge is -2.05. The molecule has 1 aromatic heterocycles. The van der Waals surface area contributed by atoms with Gasteiger partial charge in [-0.05, 0) is 32.0 Å². The van der Waals surface area contributed by atoms with Crippen molar-refractivity contribution in [3.05, 3.63) is 51.1 Å². The van der Waals surface area contributed by atoms with Gasteiger partial charge in [-0.1, -0.05) is 0 Å². The van der Waals surface area contributed by atoms with Gasteiger partial charge in [0.2, 0.25) is 0 Å². The van der Waals surface area contributed by atoms with E-state index in [-0.39, 0.29) is 28.3 Å². The van der Waals surface area contributed by atoms with Crippen molar-refractivity contribution >= 4 is 11.7 Å². The van der Waals surface area contributed by atoms with Crippen LogP contribution in [0.1, 0.15) is 21.7 Å². The summed E-state index contributed by atoms with van der Waals surface area (Å²) >= 11 is 0. The lowest BCUT2D eigenvalue weighted by molar-refractivity contribution is -0.386. The second-order valence-electron chi connectivity index (χ2n) is 4.16. The number of aryl methyl sites for hydroxylation is 1. The fourth-order valence-corrected chi connectivity index (χ4v) is 1.94. The summed E-state index contributed by atoms with van der Waals surface area (Å²) in [5.74, 6) is -2.07. The van der Waals surface area contributed by atoms with E-state index in [4.69, 9.17) is 5.11 Å². The molecule has 0 aliphatic heterocycles. The van der Waals surface area contributed by atoms with Crippen molar-refractivity contribution in [2.24, 2.45) is 0 Å². The lowest BCUT2D eigenvalue weighted by atomic mass is 10.2. The van der Waals surface area contributed by atoms with Gasteiger partial charge in [-0.2, -0.15) is 5.10 Å². The third kappa shape index (κ3) is 2.11. The van der Waals surface area contributed by atoms with Gasteiger partial charge in [-0.25, -0.2) is 13.9 Å². The molecule has 0 saturated heterocycles. The molecule has 1 N–H and O–H groups in total. The molecule has 104 valence electrons. The molecular formula is C12H10FN3O4. The monoisotopic (exact) mass is 279 g/mol. The van der Waals surface area contributed by atoms with Gasteiger partial charge in [0.05, 0.1) is 10.5 Å². The molecule has 0 unspecified atom stereocenters. The molecule has 0 atom stereocenters. The van der Waals surface area contributed by atoms with Crippen LogP contribution in [0.15, 0.2) is 18.2 Å². The first-order chi connectivity index (χ1) is 9.32. The highest BCUT2D eigenvalue weighted by molar-refractivity contribution is 5.87. The van der Waals surface area contributed by atoms with Gasteiger partial charge >= 0.3 is 11.7 Å². The minimum absolute atomic E-state index is 0.0382. The summed E-state index contributed by atoms with van der Waals surface area (Å²) in [5.41, 5.74) is -0.0959. The summed E-state index contributed by atoms with van der Waals surface area (Å²) in [7, 11) is 0. The van der Waals surface area contributed by atoms with Gasteiger partial charge in [-0.15, -0.1) is 0 Å². The first kappa shape index (κ1) is 13.7. The number of benzene rings is 1. The Kier molecular flexibility index (Phi) is 3.23. The number of carboxylic acids is 1. The zero-order valence-electron chi connectivity index (χ0n) is 10.6. The molecule has 1 aromatic carbocycles. The SMILES string of the molecule is Cc1nn(-c2ccc(C(=O)O)cc2F)c(C)c1[N+](=O)[O-]. The van der Waals surface area contributed by atoms with E-state index >= 15 is 0 Å². The Balaban J connectivity index is 2.61. The molecule has 7 nitrogen and oxygen atoms in total. The fourth-order valence-electron chi connectivity index (χ4n) is 1.94. The number of nitro groups is 1. The van der Waals surface area contributed by atoms with Crippen LogP contribution in [0.5, 0.6) is 0 Å². The number of aromatic nitrogens is 2. The Labute approximate surface area is 112 Å². The van der Waals surface area contributed by atoms with Crippen LogP contribution in [0, 0.1) is 29.8 Å². The average molecular weight is 279 g/mol. The van der Waals surface area contributed by atoms with E-state index in [1.807, 2.05) is 0 Å². The molecule has 2 aromatic rings. The quantitative estimate of drug-likeness (QED) is 0.686. The number of rotatable bonds is 3. The molecule has 1 heterocycles. The first-order valence-electron chi connectivity index (χ1n) is 5.56. The molecule has 0 aliphatic carbocycles. The maximum Gasteiger partial charge on any atom is 0.335 e. The highest BCUT2D eigenvalue weighted by atomic mass is 19.1. The van der Waals surface area contributed by atoms with Gasteiger partial charge in [0.1, 0.15) is 22.9 Å². The minimum Gasteiger partial charge on any atom is -0.478 e. The molecule has 0 spiro atoms. The van der Waals surface area contributed by atoms with Crippen molar-refractivity contribution in [3.63, 3.8) is 0 Å². The maximum atomic E-state index is 13.9. The molecular weight excluding hydrogens is 269 g/mol. The van der Waals surface area contributed by atoms with Crippen LogP contribution in [0.4, 0.5) is 10.1 Å². The standard InChI is InChI=1S/C12H10FN3O4/c1-6-11(16(19)20)7(2)15(14-6)10-4-3-8(12(17)18)5-9(10)13/h3-5H,1-2H3,(H,17,18). The fraction of sp³-hybridized carbons (Fsp3) is 0.167. The van der Waals surface area contributed by atoms with E-state index in [2.05, 4.69) is 5.10 Å². The summed E-state index contributed by atoms with van der Waals surface area (Å²) in [5, 5.41) is 23.6. The van der Waals surface area contributed by atoms with Gasteiger partial charge < -0.3 is 5.11 Å². The van der Waals surface area contributed by atoms with Crippen LogP contribution >= 0.6 is 0 Å². The Morgan fingerprint density at radius 3 is 2.55 bits per heavy atom. The second kappa shape index (κ2) is 4.72. The summed E-state index contributed by atoms with van der Waals surface area (Å²) in [6.45, 7) is 2.90. The third-order valence-electron chi connectivity index (χ3n) is 2.86. The van der Waals surface area contributed by atoms with E-state index in [0.717, 1.165) is 10.7 Å². The Bertz CT molecular complexity index is 724. The Morgan fingerprint density at radius 1 is 1.45 bits per heavy atom. The molecule has 0 aliphatic rings. The molecule has 2 rings (SSSR count). The molecule has 0 radical (unpaired) electrons. The molecule has 0 amide bonds. The van der Waals surface area contributed by atoms with E-state index in [0.29, 0.717) is 0 Å². The number of halogens is 1. The van der Waals surface area contributed by atoms with Gasteiger partial charge in [0.15, 0.2) is 0 Å². The van der Waals surface area contributed by atoms with Crippen LogP contribution in [-0.2, 0) is 0 Å². The van der Waals surface area contributed by atoms with Gasteiger partial charge in [0.25, 0.3) is 0 Å². The van der Waals surface area contributed by atoms with Crippen LogP contribution in [0.25, 0.3) is 5.69 Å². The van der Waals surface area contributed by atoms with Crippen LogP contribution in [0.2, 0.25) is 0 Å². The van der Waals surface area contributed by atoms with Crippen molar-refractivity contribution in [2.75, 3.05) is 0 Å². The van der Waals surface area contributed by atoms with Crippen molar-refractivity contribution in [1.82, 2.24) is 9.78 Å². The largest absolute Gasteiger partial charge is 0.478 e. The average Bonchev–Trinajstić information content (AvgIpc) is 2.64. The number of nitrogens with zero attached hydrogens (tertiary/aromatic N) is 3. The van der Waals surface area contributed by atoms with Crippen molar-refractivity contribution in [1.29, 1.82) is 0 Å². The number of hydrogen-bond donors (Lipinski definition) is 1. The summed E-state index contributed by atoms with van der Waals surface area (Å²) < 4.78 is 15.0. The van der Waals surface area contributed by atoms with Crippen LogP contribution in [0.3, 0.4) is 0 Å². The minimum atomic E-state index is -1.25. The highest BCUT2D eigenvalue weighted by Crippen LogP contribution is 2.26. The smallest absolute Gasteiger partial charge is 0.335 e. The number of carboxylic acid groups (broad SMARTS) is 1. The zero-order valence-corrected chi connectivity index (χ0v) is 10.6. The predicted octanol–water partition coefficient (Wildman–Crippen LogP) is 2.23. The lowest BCUT2D eigenvalue weighted by Crippen LogP contribution is -2.05. The number of carbonyl (C=O) groups is 1. The van der Waals surface area contributed by atoms with E-state index in [1.54, 1.807) is 0 Å². The van der Waals surface area contributed by atoms with Crippen LogP contribution in [-0.4, -0.2) is 25.8 Å². The highest BCUT2D eigenvalue weighted by Gasteiger charge is 2.24. The topological polar surface area (TPSA) is 98.3 Å². The predicted molar refractivity (Wildman–Crippen MR) is 66.6 cm³/mol. The maximum absolute atomic E-state index is 13.9. The van der Waals surface area contributed by atoms with Gasteiger partial charge in [-0.3, -0.25) is 10.1 Å². The molecule has 8 heteroatoms. The van der Waals surface area contributed by atoms with Crippen molar-refractivity contribution in [3.8, 4) is 5.69 Å².